The Morgan fingerprint density at radius 1 is 1.53 bits per heavy atom. The molecule has 0 unspecified atom stereocenters. The number of nitrogen functional groups attached to an aromatic ring is 1. The molecule has 0 saturated heterocycles. The van der Waals surface area contributed by atoms with Gasteiger partial charge in [-0.3, -0.25) is 14.3 Å². The number of rotatable bonds is 5. The van der Waals surface area contributed by atoms with E-state index in [1.807, 2.05) is 0 Å². The van der Waals surface area contributed by atoms with E-state index in [9.17, 15) is 9.59 Å². The number of anilines is 2. The van der Waals surface area contributed by atoms with Crippen LogP contribution in [0.3, 0.4) is 0 Å². The molecule has 0 aliphatic carbocycles. The van der Waals surface area contributed by atoms with Gasteiger partial charge in [0, 0.05) is 19.5 Å². The zero-order valence-corrected chi connectivity index (χ0v) is 9.75. The summed E-state index contributed by atoms with van der Waals surface area (Å²) in [5, 5.41) is 2.89. The molecule has 0 fully saturated rings. The molecule has 1 rings (SSSR count). The highest BCUT2D eigenvalue weighted by atomic mass is 16.2. The van der Waals surface area contributed by atoms with Crippen molar-refractivity contribution in [1.29, 1.82) is 0 Å². The lowest BCUT2D eigenvalue weighted by Crippen LogP contribution is -2.33. The maximum atomic E-state index is 11.5. The number of hydrogen-bond acceptors (Lipinski definition) is 4. The van der Waals surface area contributed by atoms with Crippen LogP contribution in [0.15, 0.2) is 9.59 Å². The summed E-state index contributed by atoms with van der Waals surface area (Å²) in [6, 6.07) is 0. The van der Waals surface area contributed by atoms with Crippen LogP contribution >= 0.6 is 0 Å². The zero-order valence-electron chi connectivity index (χ0n) is 9.75. The first-order chi connectivity index (χ1) is 8.11. The standard InChI is InChI=1S/C11H16N4O2/c1-3-5-6-7-13-8-9(12)15(4-2)11(17)14-10(8)16/h1,13H,4-7,12H2,2H3,(H,14,16,17). The van der Waals surface area contributed by atoms with E-state index in [1.54, 1.807) is 6.92 Å². The lowest BCUT2D eigenvalue weighted by atomic mass is 10.3. The van der Waals surface area contributed by atoms with Crippen LogP contribution in [0.4, 0.5) is 11.5 Å². The molecule has 6 nitrogen and oxygen atoms in total. The van der Waals surface area contributed by atoms with Gasteiger partial charge in [0.2, 0.25) is 0 Å². The number of aromatic nitrogens is 2. The van der Waals surface area contributed by atoms with Crippen molar-refractivity contribution in [3.05, 3.63) is 20.8 Å². The van der Waals surface area contributed by atoms with E-state index in [0.717, 1.165) is 6.42 Å². The Morgan fingerprint density at radius 3 is 2.82 bits per heavy atom. The zero-order chi connectivity index (χ0) is 12.8. The summed E-state index contributed by atoms with van der Waals surface area (Å²) >= 11 is 0. The van der Waals surface area contributed by atoms with Crippen LogP contribution in [0.2, 0.25) is 0 Å². The fourth-order valence-electron chi connectivity index (χ4n) is 1.48. The van der Waals surface area contributed by atoms with Crippen LogP contribution in [-0.2, 0) is 6.54 Å². The first kappa shape index (κ1) is 12.9. The van der Waals surface area contributed by atoms with Crippen LogP contribution in [0.1, 0.15) is 19.8 Å². The normalized spacial score (nSPS) is 9.88. The quantitative estimate of drug-likeness (QED) is 0.494. The largest absolute Gasteiger partial charge is 0.383 e. The van der Waals surface area contributed by atoms with Gasteiger partial charge in [-0.1, -0.05) is 0 Å². The van der Waals surface area contributed by atoms with Crippen molar-refractivity contribution in [2.45, 2.75) is 26.3 Å². The minimum Gasteiger partial charge on any atom is -0.383 e. The van der Waals surface area contributed by atoms with Crippen molar-refractivity contribution in [2.75, 3.05) is 17.6 Å². The van der Waals surface area contributed by atoms with Crippen LogP contribution in [0.5, 0.6) is 0 Å². The Balaban J connectivity index is 2.96. The average Bonchev–Trinajstić information content (AvgIpc) is 2.28. The number of hydrogen-bond donors (Lipinski definition) is 3. The van der Waals surface area contributed by atoms with Crippen LogP contribution in [0.25, 0.3) is 0 Å². The fraction of sp³-hybridized carbons (Fsp3) is 0.455. The summed E-state index contributed by atoms with van der Waals surface area (Å²) in [6.45, 7) is 2.72. The third kappa shape index (κ3) is 2.91. The van der Waals surface area contributed by atoms with E-state index >= 15 is 0 Å². The smallest absolute Gasteiger partial charge is 0.330 e. The van der Waals surface area contributed by atoms with Crippen LogP contribution < -0.4 is 22.3 Å². The Labute approximate surface area is 98.8 Å². The average molecular weight is 236 g/mol. The fourth-order valence-corrected chi connectivity index (χ4v) is 1.48. The summed E-state index contributed by atoms with van der Waals surface area (Å²) < 4.78 is 1.30. The van der Waals surface area contributed by atoms with E-state index in [0.29, 0.717) is 19.5 Å². The molecular formula is C11H16N4O2. The molecule has 0 atom stereocenters. The van der Waals surface area contributed by atoms with E-state index < -0.39 is 11.2 Å². The summed E-state index contributed by atoms with van der Waals surface area (Å²) in [6.07, 6.45) is 6.48. The van der Waals surface area contributed by atoms with Crippen molar-refractivity contribution >= 4 is 11.5 Å². The van der Waals surface area contributed by atoms with Crippen molar-refractivity contribution in [3.63, 3.8) is 0 Å². The molecule has 6 heteroatoms. The molecule has 0 bridgehead atoms. The number of terminal acetylenes is 1. The van der Waals surface area contributed by atoms with Crippen LogP contribution in [-0.4, -0.2) is 16.1 Å². The Hall–Kier alpha value is -2.16. The first-order valence-corrected chi connectivity index (χ1v) is 5.41. The van der Waals surface area contributed by atoms with E-state index in [1.165, 1.54) is 4.57 Å². The van der Waals surface area contributed by atoms with Crippen molar-refractivity contribution in [2.24, 2.45) is 0 Å². The molecule has 17 heavy (non-hydrogen) atoms. The minimum atomic E-state index is -0.502. The van der Waals surface area contributed by atoms with E-state index in [-0.39, 0.29) is 11.5 Å². The number of aromatic amines is 1. The van der Waals surface area contributed by atoms with Crippen molar-refractivity contribution in [3.8, 4) is 12.3 Å². The monoisotopic (exact) mass is 236 g/mol. The Bertz CT molecular complexity index is 536. The van der Waals surface area contributed by atoms with Crippen molar-refractivity contribution in [1.82, 2.24) is 9.55 Å². The summed E-state index contributed by atoms with van der Waals surface area (Å²) in [4.78, 5) is 25.1. The molecule has 0 aliphatic heterocycles. The number of nitrogens with two attached hydrogens (primary N) is 1. The van der Waals surface area contributed by atoms with Crippen LogP contribution in [0, 0.1) is 12.3 Å². The van der Waals surface area contributed by atoms with E-state index in [2.05, 4.69) is 16.2 Å². The summed E-state index contributed by atoms with van der Waals surface area (Å²) in [5.41, 5.74) is 4.98. The molecule has 0 aromatic carbocycles. The second-order valence-corrected chi connectivity index (χ2v) is 3.50. The lowest BCUT2D eigenvalue weighted by Gasteiger charge is -2.11. The molecule has 0 amide bonds. The Morgan fingerprint density at radius 2 is 2.24 bits per heavy atom. The third-order valence-electron chi connectivity index (χ3n) is 2.36. The van der Waals surface area contributed by atoms with Gasteiger partial charge in [0.25, 0.3) is 5.56 Å². The van der Waals surface area contributed by atoms with Crippen molar-refractivity contribution < 1.29 is 0 Å². The molecular weight excluding hydrogens is 220 g/mol. The number of nitrogens with zero attached hydrogens (tertiary/aromatic N) is 1. The molecule has 0 saturated carbocycles. The maximum absolute atomic E-state index is 11.5. The van der Waals surface area contributed by atoms with E-state index in [4.69, 9.17) is 12.2 Å². The second-order valence-electron chi connectivity index (χ2n) is 3.50. The topological polar surface area (TPSA) is 92.9 Å². The molecule has 4 N–H and O–H groups in total. The van der Waals surface area contributed by atoms with Gasteiger partial charge in [-0.25, -0.2) is 4.79 Å². The number of nitrogens with one attached hydrogen (secondary N) is 2. The van der Waals surface area contributed by atoms with Gasteiger partial charge in [0.05, 0.1) is 0 Å². The molecule has 1 heterocycles. The van der Waals surface area contributed by atoms with Gasteiger partial charge in [-0.2, -0.15) is 0 Å². The SMILES string of the molecule is C#CCCCNc1c(N)n(CC)c(=O)[nH]c1=O. The summed E-state index contributed by atoms with van der Waals surface area (Å²) in [7, 11) is 0. The van der Waals surface area contributed by atoms with Gasteiger partial charge in [0.15, 0.2) is 0 Å². The lowest BCUT2D eigenvalue weighted by molar-refractivity contribution is 0.705. The molecule has 92 valence electrons. The molecule has 1 aromatic heterocycles. The predicted molar refractivity (Wildman–Crippen MR) is 68.0 cm³/mol. The number of unbranched alkanes of at least 4 members (excludes halogenated alkanes) is 1. The molecule has 0 spiro atoms. The van der Waals surface area contributed by atoms with Gasteiger partial charge in [-0.05, 0) is 13.3 Å². The second kappa shape index (κ2) is 5.80. The first-order valence-electron chi connectivity index (χ1n) is 5.41. The van der Waals surface area contributed by atoms with Gasteiger partial charge in [-0.15, -0.1) is 12.3 Å². The maximum Gasteiger partial charge on any atom is 0.330 e. The highest BCUT2D eigenvalue weighted by molar-refractivity contribution is 5.60. The summed E-state index contributed by atoms with van der Waals surface area (Å²) in [5.74, 6) is 2.66. The molecule has 0 radical (unpaired) electrons. The molecule has 0 aliphatic rings. The third-order valence-corrected chi connectivity index (χ3v) is 2.36. The predicted octanol–water partition coefficient (Wildman–Crippen LogP) is -0.0360. The van der Waals surface area contributed by atoms with Gasteiger partial charge < -0.3 is 11.1 Å². The minimum absolute atomic E-state index is 0.155. The highest BCUT2D eigenvalue weighted by Crippen LogP contribution is 2.09. The Kier molecular flexibility index (Phi) is 4.40. The highest BCUT2D eigenvalue weighted by Gasteiger charge is 2.09. The van der Waals surface area contributed by atoms with Gasteiger partial charge >= 0.3 is 5.69 Å². The van der Waals surface area contributed by atoms with Gasteiger partial charge in [0.1, 0.15) is 11.5 Å². The molecule has 1 aromatic rings. The number of H-pyrrole nitrogens is 1.